The fraction of sp³-hybridized carbons (Fsp3) is 0.500. The molecule has 2 unspecified atom stereocenters. The van der Waals surface area contributed by atoms with E-state index in [4.69, 9.17) is 10.5 Å². The first-order chi connectivity index (χ1) is 7.24. The van der Waals surface area contributed by atoms with Crippen molar-refractivity contribution in [1.29, 1.82) is 0 Å². The molecule has 0 amide bonds. The third kappa shape index (κ3) is 1.99. The van der Waals surface area contributed by atoms with E-state index in [2.05, 4.69) is 19.1 Å². The number of nitrogens with two attached hydrogens (primary N) is 1. The number of rotatable bonds is 2. The van der Waals surface area contributed by atoms with E-state index in [0.717, 1.165) is 11.5 Å². The average Bonchev–Trinajstić information content (AvgIpc) is 2.27. The third-order valence-corrected chi connectivity index (χ3v) is 4.10. The summed E-state index contributed by atoms with van der Waals surface area (Å²) in [6, 6.07) is 6.48. The predicted octanol–water partition coefficient (Wildman–Crippen LogP) is 2.62. The summed E-state index contributed by atoms with van der Waals surface area (Å²) < 4.78 is 5.38. The summed E-state index contributed by atoms with van der Waals surface area (Å²) in [7, 11) is 1.73. The molecule has 1 aliphatic heterocycles. The van der Waals surface area contributed by atoms with E-state index >= 15 is 0 Å². The molecule has 1 aromatic carbocycles. The summed E-state index contributed by atoms with van der Waals surface area (Å²) in [5.74, 6) is 2.61. The van der Waals surface area contributed by atoms with Gasteiger partial charge in [0.15, 0.2) is 0 Å². The van der Waals surface area contributed by atoms with Crippen molar-refractivity contribution in [1.82, 2.24) is 0 Å². The number of methoxy groups -OCH3 is 1. The summed E-state index contributed by atoms with van der Waals surface area (Å²) in [4.78, 5) is 1.29. The molecule has 2 rings (SSSR count). The highest BCUT2D eigenvalue weighted by molar-refractivity contribution is 7.99. The van der Waals surface area contributed by atoms with Crippen LogP contribution in [0, 0.1) is 0 Å². The molecular weight excluding hydrogens is 206 g/mol. The molecule has 0 aromatic heterocycles. The minimum Gasteiger partial charge on any atom is -0.496 e. The van der Waals surface area contributed by atoms with Gasteiger partial charge in [-0.15, -0.1) is 11.8 Å². The summed E-state index contributed by atoms with van der Waals surface area (Å²) in [5, 5.41) is 0. The molecule has 0 spiro atoms. The second-order valence-corrected chi connectivity index (χ2v) is 5.09. The first kappa shape index (κ1) is 10.8. The zero-order valence-corrected chi connectivity index (χ0v) is 10.0. The molecule has 0 aliphatic carbocycles. The van der Waals surface area contributed by atoms with Crippen LogP contribution in [0.1, 0.15) is 24.8 Å². The molecule has 0 bridgehead atoms. The number of hydrogen-bond donors (Lipinski definition) is 1. The van der Waals surface area contributed by atoms with Gasteiger partial charge in [-0.2, -0.15) is 0 Å². The molecule has 0 fully saturated rings. The van der Waals surface area contributed by atoms with Crippen molar-refractivity contribution in [3.63, 3.8) is 0 Å². The largest absolute Gasteiger partial charge is 0.496 e. The van der Waals surface area contributed by atoms with E-state index in [1.165, 1.54) is 16.9 Å². The summed E-state index contributed by atoms with van der Waals surface area (Å²) in [6.45, 7) is 2.09. The lowest BCUT2D eigenvalue weighted by molar-refractivity contribution is 0.400. The fourth-order valence-electron chi connectivity index (χ4n) is 2.13. The number of thioether (sulfide) groups is 1. The maximum atomic E-state index is 6.02. The highest BCUT2D eigenvalue weighted by Gasteiger charge is 2.25. The summed E-state index contributed by atoms with van der Waals surface area (Å²) in [5.41, 5.74) is 7.39. The number of ether oxygens (including phenoxy) is 1. The van der Waals surface area contributed by atoms with Gasteiger partial charge in [0, 0.05) is 12.0 Å². The predicted molar refractivity (Wildman–Crippen MR) is 64.7 cm³/mol. The van der Waals surface area contributed by atoms with Gasteiger partial charge in [-0.1, -0.05) is 12.1 Å². The molecule has 15 heavy (non-hydrogen) atoms. The Labute approximate surface area is 95.2 Å². The van der Waals surface area contributed by atoms with Crippen LogP contribution in [0.4, 0.5) is 0 Å². The Morgan fingerprint density at radius 2 is 2.33 bits per heavy atom. The molecule has 2 nitrogen and oxygen atoms in total. The van der Waals surface area contributed by atoms with E-state index in [9.17, 15) is 0 Å². The van der Waals surface area contributed by atoms with Gasteiger partial charge in [-0.3, -0.25) is 0 Å². The van der Waals surface area contributed by atoms with Gasteiger partial charge in [0.05, 0.1) is 12.0 Å². The smallest absolute Gasteiger partial charge is 0.132 e. The Balaban J connectivity index is 2.44. The maximum absolute atomic E-state index is 6.02. The van der Waals surface area contributed by atoms with E-state index in [1.807, 2.05) is 17.8 Å². The molecule has 0 saturated heterocycles. The van der Waals surface area contributed by atoms with Gasteiger partial charge in [0.25, 0.3) is 0 Å². The molecule has 1 heterocycles. The molecule has 82 valence electrons. The molecular formula is C12H17NOS. The minimum absolute atomic E-state index is 0.219. The second-order valence-electron chi connectivity index (χ2n) is 3.98. The van der Waals surface area contributed by atoms with E-state index in [0.29, 0.717) is 5.92 Å². The van der Waals surface area contributed by atoms with Crippen LogP contribution in [0.5, 0.6) is 5.75 Å². The molecule has 3 heteroatoms. The lowest BCUT2D eigenvalue weighted by atomic mass is 9.90. The first-order valence-corrected chi connectivity index (χ1v) is 6.28. The highest BCUT2D eigenvalue weighted by atomic mass is 32.2. The van der Waals surface area contributed by atoms with E-state index in [1.54, 1.807) is 7.11 Å². The van der Waals surface area contributed by atoms with Crippen molar-refractivity contribution in [2.75, 3.05) is 12.9 Å². The zero-order chi connectivity index (χ0) is 10.8. The fourth-order valence-corrected chi connectivity index (χ4v) is 3.39. The quantitative estimate of drug-likeness (QED) is 0.837. The number of fused-ring (bicyclic) bond motifs is 1. The summed E-state index contributed by atoms with van der Waals surface area (Å²) >= 11 is 1.88. The van der Waals surface area contributed by atoms with Crippen molar-refractivity contribution < 1.29 is 4.74 Å². The molecule has 2 N–H and O–H groups in total. The van der Waals surface area contributed by atoms with Crippen molar-refractivity contribution in [2.45, 2.75) is 30.2 Å². The Kier molecular flexibility index (Phi) is 3.22. The Morgan fingerprint density at radius 1 is 1.53 bits per heavy atom. The van der Waals surface area contributed by atoms with Crippen molar-refractivity contribution in [2.24, 2.45) is 5.73 Å². The van der Waals surface area contributed by atoms with Crippen LogP contribution >= 0.6 is 11.8 Å². The minimum atomic E-state index is 0.219. The van der Waals surface area contributed by atoms with E-state index < -0.39 is 0 Å². The maximum Gasteiger partial charge on any atom is 0.132 e. The third-order valence-electron chi connectivity index (χ3n) is 2.94. The van der Waals surface area contributed by atoms with Crippen molar-refractivity contribution in [3.8, 4) is 5.75 Å². The van der Waals surface area contributed by atoms with Gasteiger partial charge in [0.1, 0.15) is 5.75 Å². The van der Waals surface area contributed by atoms with Crippen LogP contribution in [0.15, 0.2) is 23.1 Å². The normalized spacial score (nSPS) is 21.9. The van der Waals surface area contributed by atoms with Crippen LogP contribution in [-0.2, 0) is 0 Å². The molecule has 0 radical (unpaired) electrons. The molecule has 1 aliphatic rings. The molecule has 1 aromatic rings. The highest BCUT2D eigenvalue weighted by Crippen LogP contribution is 2.43. The van der Waals surface area contributed by atoms with Crippen LogP contribution in [0.3, 0.4) is 0 Å². The van der Waals surface area contributed by atoms with Crippen molar-refractivity contribution in [3.05, 3.63) is 23.8 Å². The molecule has 0 saturated carbocycles. The zero-order valence-electron chi connectivity index (χ0n) is 9.19. The lowest BCUT2D eigenvalue weighted by Crippen LogP contribution is -2.27. The Hall–Kier alpha value is -0.670. The number of benzene rings is 1. The van der Waals surface area contributed by atoms with Crippen LogP contribution in [-0.4, -0.2) is 18.9 Å². The summed E-state index contributed by atoms with van der Waals surface area (Å²) in [6.07, 6.45) is 1.17. The van der Waals surface area contributed by atoms with E-state index in [-0.39, 0.29) is 6.04 Å². The Morgan fingerprint density at radius 3 is 3.00 bits per heavy atom. The first-order valence-electron chi connectivity index (χ1n) is 5.29. The number of hydrogen-bond acceptors (Lipinski definition) is 3. The van der Waals surface area contributed by atoms with Crippen LogP contribution in [0.25, 0.3) is 0 Å². The van der Waals surface area contributed by atoms with Gasteiger partial charge in [-0.25, -0.2) is 0 Å². The van der Waals surface area contributed by atoms with Crippen molar-refractivity contribution >= 4 is 11.8 Å². The molecule has 2 atom stereocenters. The van der Waals surface area contributed by atoms with Gasteiger partial charge in [0.2, 0.25) is 0 Å². The average molecular weight is 223 g/mol. The SMILES string of the molecule is COc1cccc2c1SCCC2C(C)N. The second kappa shape index (κ2) is 4.45. The topological polar surface area (TPSA) is 35.2 Å². The standard InChI is InChI=1S/C12H17NOS/c1-8(13)9-6-7-15-12-10(9)4-3-5-11(12)14-2/h3-5,8-9H,6-7,13H2,1-2H3. The Bertz CT molecular complexity index is 351. The van der Waals surface area contributed by atoms with Gasteiger partial charge < -0.3 is 10.5 Å². The lowest BCUT2D eigenvalue weighted by Gasteiger charge is -2.28. The van der Waals surface area contributed by atoms with Crippen LogP contribution < -0.4 is 10.5 Å². The van der Waals surface area contributed by atoms with Crippen LogP contribution in [0.2, 0.25) is 0 Å². The monoisotopic (exact) mass is 223 g/mol. The van der Waals surface area contributed by atoms with Gasteiger partial charge in [-0.05, 0) is 30.7 Å². The van der Waals surface area contributed by atoms with Gasteiger partial charge >= 0.3 is 0 Å².